The molecule has 1 N–H and O–H groups in total. The van der Waals surface area contributed by atoms with Gasteiger partial charge < -0.3 is 14.6 Å². The van der Waals surface area contributed by atoms with Gasteiger partial charge in [0.15, 0.2) is 5.13 Å². The standard InChI is InChI=1S/C25H22N2O6S/c1-13-5-7-16(8-6-13)20(28)18-19(15-9-11-17(32-3)12-10-15)27(23(30)21(18)29)25-26-14(2)22(34-25)24(31)33-4/h5-12,19,28H,1-4H3/b20-18-. The highest BCUT2D eigenvalue weighted by molar-refractivity contribution is 7.17. The Hall–Kier alpha value is -3.98. The van der Waals surface area contributed by atoms with Crippen LogP contribution in [0.1, 0.15) is 38.1 Å². The van der Waals surface area contributed by atoms with Gasteiger partial charge in [-0.3, -0.25) is 14.5 Å². The number of thiazole rings is 1. The van der Waals surface area contributed by atoms with Crippen LogP contribution in [0.2, 0.25) is 0 Å². The molecule has 0 radical (unpaired) electrons. The first-order valence-corrected chi connectivity index (χ1v) is 11.2. The molecule has 0 aliphatic carbocycles. The number of carbonyl (C=O) groups is 3. The summed E-state index contributed by atoms with van der Waals surface area (Å²) in [5, 5.41) is 11.3. The molecule has 9 heteroatoms. The number of hydrogen-bond acceptors (Lipinski definition) is 8. The maximum atomic E-state index is 13.2. The van der Waals surface area contributed by atoms with Gasteiger partial charge in [-0.15, -0.1) is 0 Å². The fourth-order valence-corrected chi connectivity index (χ4v) is 4.78. The lowest BCUT2D eigenvalue weighted by molar-refractivity contribution is -0.132. The van der Waals surface area contributed by atoms with E-state index in [2.05, 4.69) is 4.98 Å². The number of methoxy groups -OCH3 is 2. The van der Waals surface area contributed by atoms with Crippen LogP contribution in [-0.2, 0) is 14.3 Å². The zero-order valence-corrected chi connectivity index (χ0v) is 19.8. The average molecular weight is 479 g/mol. The molecular formula is C25H22N2O6S. The highest BCUT2D eigenvalue weighted by Crippen LogP contribution is 2.44. The summed E-state index contributed by atoms with van der Waals surface area (Å²) in [5.41, 5.74) is 2.28. The van der Waals surface area contributed by atoms with Crippen molar-refractivity contribution in [3.63, 3.8) is 0 Å². The van der Waals surface area contributed by atoms with Gasteiger partial charge >= 0.3 is 11.9 Å². The van der Waals surface area contributed by atoms with Gasteiger partial charge in [0, 0.05) is 5.56 Å². The summed E-state index contributed by atoms with van der Waals surface area (Å²) >= 11 is 0.951. The molecular weight excluding hydrogens is 456 g/mol. The van der Waals surface area contributed by atoms with Crippen LogP contribution in [0.4, 0.5) is 5.13 Å². The van der Waals surface area contributed by atoms with Crippen molar-refractivity contribution >= 4 is 39.9 Å². The molecule has 1 unspecified atom stereocenters. The third-order valence-corrected chi connectivity index (χ3v) is 6.70. The first kappa shape index (κ1) is 23.2. The maximum absolute atomic E-state index is 13.2. The third kappa shape index (κ3) is 3.94. The van der Waals surface area contributed by atoms with Crippen molar-refractivity contribution in [2.45, 2.75) is 19.9 Å². The first-order chi connectivity index (χ1) is 16.3. The van der Waals surface area contributed by atoms with Crippen molar-refractivity contribution in [1.29, 1.82) is 0 Å². The number of benzene rings is 2. The van der Waals surface area contributed by atoms with E-state index in [0.717, 1.165) is 16.9 Å². The predicted octanol–water partition coefficient (Wildman–Crippen LogP) is 4.18. The van der Waals surface area contributed by atoms with Crippen molar-refractivity contribution in [2.75, 3.05) is 19.1 Å². The summed E-state index contributed by atoms with van der Waals surface area (Å²) in [5.74, 6) is -1.97. The predicted molar refractivity (Wildman–Crippen MR) is 127 cm³/mol. The maximum Gasteiger partial charge on any atom is 0.350 e. The van der Waals surface area contributed by atoms with Gasteiger partial charge in [0.25, 0.3) is 5.78 Å². The van der Waals surface area contributed by atoms with Gasteiger partial charge in [0.1, 0.15) is 16.4 Å². The molecule has 2 heterocycles. The van der Waals surface area contributed by atoms with Gasteiger partial charge in [-0.1, -0.05) is 53.3 Å². The molecule has 3 aromatic rings. The van der Waals surface area contributed by atoms with E-state index in [1.165, 1.54) is 19.1 Å². The highest BCUT2D eigenvalue weighted by Gasteiger charge is 2.48. The molecule has 4 rings (SSSR count). The second-order valence-electron chi connectivity index (χ2n) is 7.71. The number of aryl methyl sites for hydroxylation is 2. The van der Waals surface area contributed by atoms with Gasteiger partial charge in [-0.05, 0) is 31.5 Å². The fraction of sp³-hybridized carbons (Fsp3) is 0.200. The Bertz CT molecular complexity index is 1310. The zero-order valence-electron chi connectivity index (χ0n) is 19.0. The molecule has 1 aromatic heterocycles. The van der Waals surface area contributed by atoms with E-state index in [0.29, 0.717) is 22.6 Å². The molecule has 1 aliphatic heterocycles. The van der Waals surface area contributed by atoms with E-state index in [-0.39, 0.29) is 21.3 Å². The molecule has 34 heavy (non-hydrogen) atoms. The second-order valence-corrected chi connectivity index (χ2v) is 8.69. The van der Waals surface area contributed by atoms with Crippen LogP contribution in [0.15, 0.2) is 54.1 Å². The van der Waals surface area contributed by atoms with Crippen LogP contribution in [0.25, 0.3) is 5.76 Å². The van der Waals surface area contributed by atoms with Gasteiger partial charge in [0.2, 0.25) is 0 Å². The van der Waals surface area contributed by atoms with E-state index in [4.69, 9.17) is 9.47 Å². The Balaban J connectivity index is 1.92. The Labute approximate surface area is 200 Å². The summed E-state index contributed by atoms with van der Waals surface area (Å²) in [6.45, 7) is 3.53. The molecule has 1 fully saturated rings. The molecule has 0 bridgehead atoms. The number of anilines is 1. The number of Topliss-reactive ketones (excluding diaryl/α,β-unsaturated/α-hetero) is 1. The fourth-order valence-electron chi connectivity index (χ4n) is 3.77. The van der Waals surface area contributed by atoms with E-state index in [9.17, 15) is 19.5 Å². The largest absolute Gasteiger partial charge is 0.507 e. The number of hydrogen-bond donors (Lipinski definition) is 1. The number of carbonyl (C=O) groups excluding carboxylic acids is 3. The van der Waals surface area contributed by atoms with Gasteiger partial charge in [-0.25, -0.2) is 9.78 Å². The Kier molecular flexibility index (Phi) is 6.21. The Morgan fingerprint density at radius 2 is 1.68 bits per heavy atom. The third-order valence-electron chi connectivity index (χ3n) is 5.56. The van der Waals surface area contributed by atoms with E-state index < -0.39 is 23.7 Å². The number of amides is 1. The Morgan fingerprint density at radius 1 is 1.03 bits per heavy atom. The minimum Gasteiger partial charge on any atom is -0.507 e. The summed E-state index contributed by atoms with van der Waals surface area (Å²) in [6.07, 6.45) is 0. The second kappa shape index (κ2) is 9.11. The summed E-state index contributed by atoms with van der Waals surface area (Å²) in [4.78, 5) is 44.4. The summed E-state index contributed by atoms with van der Waals surface area (Å²) in [7, 11) is 2.79. The molecule has 1 saturated heterocycles. The van der Waals surface area contributed by atoms with Gasteiger partial charge in [-0.2, -0.15) is 0 Å². The molecule has 1 amide bonds. The number of ketones is 1. The van der Waals surface area contributed by atoms with Gasteiger partial charge in [0.05, 0.1) is 31.5 Å². The SMILES string of the molecule is COC(=O)c1sc(N2C(=O)C(=O)/C(=C(\O)c3ccc(C)cc3)C2c2ccc(OC)cc2)nc1C. The first-order valence-electron chi connectivity index (χ1n) is 10.3. The van der Waals surface area contributed by atoms with Crippen LogP contribution >= 0.6 is 11.3 Å². The summed E-state index contributed by atoms with van der Waals surface area (Å²) in [6, 6.07) is 12.9. The van der Waals surface area contributed by atoms with Crippen molar-refractivity contribution in [2.24, 2.45) is 0 Å². The van der Waals surface area contributed by atoms with Crippen LogP contribution in [0.3, 0.4) is 0 Å². The number of esters is 1. The normalized spacial score (nSPS) is 17.2. The Morgan fingerprint density at radius 3 is 2.26 bits per heavy atom. The van der Waals surface area contributed by atoms with Crippen LogP contribution in [0, 0.1) is 13.8 Å². The average Bonchev–Trinajstić information content (AvgIpc) is 3.35. The lowest BCUT2D eigenvalue weighted by Gasteiger charge is -2.23. The lowest BCUT2D eigenvalue weighted by atomic mass is 9.95. The minimum absolute atomic E-state index is 0.0634. The molecule has 1 atom stereocenters. The molecule has 2 aromatic carbocycles. The van der Waals surface area contributed by atoms with Crippen molar-refractivity contribution in [3.05, 3.63) is 81.4 Å². The number of aromatic nitrogens is 1. The number of rotatable bonds is 5. The highest BCUT2D eigenvalue weighted by atomic mass is 32.1. The molecule has 0 spiro atoms. The lowest BCUT2D eigenvalue weighted by Crippen LogP contribution is -2.29. The van der Waals surface area contributed by atoms with Crippen molar-refractivity contribution < 1.29 is 29.0 Å². The van der Waals surface area contributed by atoms with Crippen LogP contribution in [-0.4, -0.2) is 42.0 Å². The number of aliphatic hydroxyl groups excluding tert-OH is 1. The monoisotopic (exact) mass is 478 g/mol. The molecule has 1 aliphatic rings. The van der Waals surface area contributed by atoms with E-state index >= 15 is 0 Å². The zero-order chi connectivity index (χ0) is 24.6. The van der Waals surface area contributed by atoms with Crippen molar-refractivity contribution in [1.82, 2.24) is 4.98 Å². The van der Waals surface area contributed by atoms with Crippen LogP contribution < -0.4 is 9.64 Å². The summed E-state index contributed by atoms with van der Waals surface area (Å²) < 4.78 is 10.0. The smallest absolute Gasteiger partial charge is 0.350 e. The topological polar surface area (TPSA) is 106 Å². The number of aliphatic hydroxyl groups is 1. The van der Waals surface area contributed by atoms with E-state index in [1.54, 1.807) is 55.5 Å². The molecule has 8 nitrogen and oxygen atoms in total. The number of ether oxygens (including phenoxy) is 2. The van der Waals surface area contributed by atoms with E-state index in [1.807, 2.05) is 6.92 Å². The molecule has 0 saturated carbocycles. The van der Waals surface area contributed by atoms with Crippen molar-refractivity contribution in [3.8, 4) is 5.75 Å². The molecule has 174 valence electrons. The van der Waals surface area contributed by atoms with Crippen LogP contribution in [0.5, 0.6) is 5.75 Å². The number of nitrogens with zero attached hydrogens (tertiary/aromatic N) is 2. The minimum atomic E-state index is -0.955. The quantitative estimate of drug-likeness (QED) is 0.254.